The van der Waals surface area contributed by atoms with Gasteiger partial charge in [-0.3, -0.25) is 9.59 Å². The number of aryl methyl sites for hydroxylation is 1. The van der Waals surface area contributed by atoms with Crippen LogP contribution < -0.4 is 9.64 Å². The number of carbonyl (C=O) groups is 2. The molecule has 0 aliphatic carbocycles. The van der Waals surface area contributed by atoms with E-state index < -0.39 is 0 Å². The normalized spacial score (nSPS) is 14.9. The largest absolute Gasteiger partial charge is 0.496 e. The van der Waals surface area contributed by atoms with E-state index in [1.54, 1.807) is 37.5 Å². The molecule has 0 fully saturated rings. The number of nitrogens with zero attached hydrogens (tertiary/aromatic N) is 1. The van der Waals surface area contributed by atoms with E-state index >= 15 is 0 Å². The summed E-state index contributed by atoms with van der Waals surface area (Å²) in [5, 5.41) is 0. The lowest BCUT2D eigenvalue weighted by Crippen LogP contribution is -2.41. The predicted octanol–water partition coefficient (Wildman–Crippen LogP) is 5.49. The van der Waals surface area contributed by atoms with Gasteiger partial charge in [-0.1, -0.05) is 46.3 Å². The number of methoxy groups -OCH3 is 1. The highest BCUT2D eigenvalue weighted by Crippen LogP contribution is 2.35. The molecule has 1 aliphatic rings. The van der Waals surface area contributed by atoms with Crippen molar-refractivity contribution in [3.8, 4) is 5.75 Å². The number of rotatable bonds is 3. The fraction of sp³-hybridized carbons (Fsp3) is 0.0833. The van der Waals surface area contributed by atoms with Gasteiger partial charge in [0.1, 0.15) is 5.75 Å². The Bertz CT molecular complexity index is 1170. The van der Waals surface area contributed by atoms with E-state index in [4.69, 9.17) is 4.74 Å². The maximum Gasteiger partial charge on any atom is 0.265 e. The molecule has 0 spiro atoms. The van der Waals surface area contributed by atoms with E-state index in [1.165, 1.54) is 4.90 Å². The lowest BCUT2D eigenvalue weighted by Gasteiger charge is -2.29. The third kappa shape index (κ3) is 3.49. The van der Waals surface area contributed by atoms with Crippen LogP contribution in [0.2, 0.25) is 0 Å². The summed E-state index contributed by atoms with van der Waals surface area (Å²) in [4.78, 5) is 27.9. The summed E-state index contributed by atoms with van der Waals surface area (Å²) < 4.78 is 6.32. The number of carbonyl (C=O) groups excluding carboxylic acids is 2. The van der Waals surface area contributed by atoms with Crippen LogP contribution in [0.25, 0.3) is 11.6 Å². The second kappa shape index (κ2) is 7.68. The Kier molecular flexibility index (Phi) is 5.07. The van der Waals surface area contributed by atoms with E-state index in [2.05, 4.69) is 15.9 Å². The highest BCUT2D eigenvalue weighted by atomic mass is 79.9. The first kappa shape index (κ1) is 19.2. The first-order chi connectivity index (χ1) is 14.0. The average Bonchev–Trinajstić information content (AvgIpc) is 2.71. The van der Waals surface area contributed by atoms with Crippen molar-refractivity contribution in [1.82, 2.24) is 0 Å². The highest BCUT2D eigenvalue weighted by Gasteiger charge is 2.35. The van der Waals surface area contributed by atoms with Gasteiger partial charge in [0.05, 0.1) is 12.8 Å². The molecule has 0 saturated carbocycles. The van der Waals surface area contributed by atoms with Crippen LogP contribution in [0.3, 0.4) is 0 Å². The first-order valence-electron chi connectivity index (χ1n) is 9.09. The van der Waals surface area contributed by atoms with Crippen molar-refractivity contribution in [2.45, 2.75) is 6.92 Å². The minimum atomic E-state index is -0.360. The lowest BCUT2D eigenvalue weighted by molar-refractivity contribution is -0.112. The zero-order valence-electron chi connectivity index (χ0n) is 16.0. The fourth-order valence-electron chi connectivity index (χ4n) is 3.47. The van der Waals surface area contributed by atoms with Crippen LogP contribution in [0.5, 0.6) is 5.75 Å². The van der Waals surface area contributed by atoms with Crippen molar-refractivity contribution in [1.29, 1.82) is 0 Å². The molecule has 0 saturated heterocycles. The number of hydrogen-bond donors (Lipinski definition) is 0. The number of benzene rings is 3. The summed E-state index contributed by atoms with van der Waals surface area (Å²) in [6.07, 6.45) is 1.78. The zero-order chi connectivity index (χ0) is 20.5. The standard InChI is InChI=1S/C24H18BrNO3/c1-15-6-5-7-18(12-15)26-23(27)20-9-4-3-8-19(20)21(24(26)28)14-16-13-17(25)10-11-22(16)29-2/h3-14H,1-2H3/b21-14-. The Morgan fingerprint density at radius 1 is 0.897 bits per heavy atom. The van der Waals surface area contributed by atoms with E-state index in [9.17, 15) is 9.59 Å². The number of halogens is 1. The van der Waals surface area contributed by atoms with Gasteiger partial charge in [0, 0.05) is 21.2 Å². The molecule has 5 heteroatoms. The van der Waals surface area contributed by atoms with E-state index in [-0.39, 0.29) is 11.8 Å². The zero-order valence-corrected chi connectivity index (χ0v) is 17.6. The molecule has 4 rings (SSSR count). The topological polar surface area (TPSA) is 46.6 Å². The Labute approximate surface area is 177 Å². The predicted molar refractivity (Wildman–Crippen MR) is 118 cm³/mol. The third-order valence-corrected chi connectivity index (χ3v) is 5.33. The molecular weight excluding hydrogens is 430 g/mol. The minimum absolute atomic E-state index is 0.324. The number of fused-ring (bicyclic) bond motifs is 1. The molecule has 0 atom stereocenters. The molecular formula is C24H18BrNO3. The van der Waals surface area contributed by atoms with Crippen LogP contribution >= 0.6 is 15.9 Å². The summed E-state index contributed by atoms with van der Waals surface area (Å²) in [6, 6.07) is 20.1. The molecule has 0 bridgehead atoms. The highest BCUT2D eigenvalue weighted by molar-refractivity contribution is 9.10. The van der Waals surface area contributed by atoms with Crippen LogP contribution in [0.4, 0.5) is 5.69 Å². The van der Waals surface area contributed by atoms with Crippen molar-refractivity contribution >= 4 is 45.1 Å². The summed E-state index contributed by atoms with van der Waals surface area (Å²) in [7, 11) is 1.59. The van der Waals surface area contributed by atoms with Gasteiger partial charge in [0.2, 0.25) is 0 Å². The molecule has 3 aromatic rings. The van der Waals surface area contributed by atoms with Gasteiger partial charge in [-0.05, 0) is 60.5 Å². The Morgan fingerprint density at radius 2 is 1.66 bits per heavy atom. The van der Waals surface area contributed by atoms with E-state index in [0.717, 1.165) is 15.6 Å². The number of hydrogen-bond acceptors (Lipinski definition) is 3. The van der Waals surface area contributed by atoms with Crippen LogP contribution in [0, 0.1) is 6.92 Å². The molecule has 144 valence electrons. The fourth-order valence-corrected chi connectivity index (χ4v) is 3.85. The van der Waals surface area contributed by atoms with Gasteiger partial charge in [0.15, 0.2) is 0 Å². The quantitative estimate of drug-likeness (QED) is 0.393. The summed E-state index contributed by atoms with van der Waals surface area (Å²) in [6.45, 7) is 1.93. The number of amides is 2. The van der Waals surface area contributed by atoms with Crippen LogP contribution in [0.1, 0.15) is 27.0 Å². The average molecular weight is 448 g/mol. The van der Waals surface area contributed by atoms with Crippen LogP contribution in [0.15, 0.2) is 71.2 Å². The van der Waals surface area contributed by atoms with Crippen LogP contribution in [-0.2, 0) is 4.79 Å². The molecule has 0 aromatic heterocycles. The molecule has 1 aliphatic heterocycles. The van der Waals surface area contributed by atoms with Crippen molar-refractivity contribution < 1.29 is 14.3 Å². The SMILES string of the molecule is COc1ccc(Br)cc1/C=C1\C(=O)N(c2cccc(C)c2)C(=O)c2ccccc21. The maximum atomic E-state index is 13.5. The van der Waals surface area contributed by atoms with Gasteiger partial charge in [-0.15, -0.1) is 0 Å². The summed E-state index contributed by atoms with van der Waals surface area (Å²) in [5.74, 6) is -0.0409. The van der Waals surface area contributed by atoms with Gasteiger partial charge in [-0.2, -0.15) is 0 Å². The number of imide groups is 1. The minimum Gasteiger partial charge on any atom is -0.496 e. The Morgan fingerprint density at radius 3 is 2.38 bits per heavy atom. The van der Waals surface area contributed by atoms with Gasteiger partial charge < -0.3 is 4.74 Å². The smallest absolute Gasteiger partial charge is 0.265 e. The van der Waals surface area contributed by atoms with Crippen molar-refractivity contribution in [2.24, 2.45) is 0 Å². The van der Waals surface area contributed by atoms with Gasteiger partial charge in [-0.25, -0.2) is 4.90 Å². The van der Waals surface area contributed by atoms with Gasteiger partial charge >= 0.3 is 0 Å². The van der Waals surface area contributed by atoms with E-state index in [1.807, 2.05) is 49.4 Å². The molecule has 0 radical (unpaired) electrons. The molecule has 3 aromatic carbocycles. The maximum absolute atomic E-state index is 13.5. The second-order valence-corrected chi connectivity index (χ2v) is 7.69. The number of anilines is 1. The summed E-state index contributed by atoms with van der Waals surface area (Å²) >= 11 is 3.47. The Balaban J connectivity index is 1.94. The molecule has 2 amide bonds. The van der Waals surface area contributed by atoms with Gasteiger partial charge in [0.25, 0.3) is 11.8 Å². The third-order valence-electron chi connectivity index (χ3n) is 4.84. The molecule has 29 heavy (non-hydrogen) atoms. The Hall–Kier alpha value is -3.18. The first-order valence-corrected chi connectivity index (χ1v) is 9.89. The van der Waals surface area contributed by atoms with E-state index in [0.29, 0.717) is 28.1 Å². The molecule has 1 heterocycles. The monoisotopic (exact) mass is 447 g/mol. The van der Waals surface area contributed by atoms with Crippen molar-refractivity contribution in [3.05, 3.63) is 93.5 Å². The second-order valence-electron chi connectivity index (χ2n) is 6.77. The molecule has 4 nitrogen and oxygen atoms in total. The van der Waals surface area contributed by atoms with Crippen LogP contribution in [-0.4, -0.2) is 18.9 Å². The number of ether oxygens (including phenoxy) is 1. The molecule has 0 N–H and O–H groups in total. The van der Waals surface area contributed by atoms with Crippen molar-refractivity contribution in [2.75, 3.05) is 12.0 Å². The summed E-state index contributed by atoms with van der Waals surface area (Å²) in [5.41, 5.74) is 3.83. The van der Waals surface area contributed by atoms with Crippen molar-refractivity contribution in [3.63, 3.8) is 0 Å². The molecule has 0 unspecified atom stereocenters. The lowest BCUT2D eigenvalue weighted by atomic mass is 9.91.